The highest BCUT2D eigenvalue weighted by molar-refractivity contribution is 7.86. The number of azo groups is 4. The van der Waals surface area contributed by atoms with Crippen LogP contribution in [0.2, 0.25) is 0 Å². The van der Waals surface area contributed by atoms with Crippen molar-refractivity contribution >= 4 is 131 Å². The van der Waals surface area contributed by atoms with Gasteiger partial charge in [0.15, 0.2) is 11.5 Å². The number of methoxy groups -OCH3 is 2. The monoisotopic (exact) mass is 1140 g/mol. The van der Waals surface area contributed by atoms with Gasteiger partial charge in [-0.3, -0.25) is 18.2 Å². The molecule has 0 spiro atoms. The van der Waals surface area contributed by atoms with Crippen LogP contribution >= 0.6 is 0 Å². The van der Waals surface area contributed by atoms with Crippen LogP contribution in [0.1, 0.15) is 11.1 Å². The molecule has 0 aliphatic carbocycles. The molecule has 0 amide bonds. The maximum absolute atomic E-state index is 12.7. The molecule has 0 saturated heterocycles. The highest BCUT2D eigenvalue weighted by Crippen LogP contribution is 2.47. The molecule has 8 aromatic rings. The van der Waals surface area contributed by atoms with Gasteiger partial charge in [-0.05, 0) is 102 Å². The molecular weight excluding hydrogens is 1100 g/mol. The minimum atomic E-state index is -5.25. The quantitative estimate of drug-likeness (QED) is 0.0193. The van der Waals surface area contributed by atoms with Gasteiger partial charge in [0, 0.05) is 34.3 Å². The van der Waals surface area contributed by atoms with Gasteiger partial charge in [0.2, 0.25) is 0 Å². The Morgan fingerprint density at radius 3 is 1.38 bits per heavy atom. The topological polar surface area (TPSA) is 427 Å². The van der Waals surface area contributed by atoms with E-state index in [4.69, 9.17) is 20.9 Å². The number of nitrogens with zero attached hydrogens (tertiary/aromatic N) is 8. The Kier molecular flexibility index (Phi) is 15.2. The normalized spacial score (nSPS) is 12.8. The molecule has 8 aromatic carbocycles. The van der Waals surface area contributed by atoms with Crippen LogP contribution in [-0.2, 0) is 40.5 Å². The van der Waals surface area contributed by atoms with Crippen molar-refractivity contribution < 1.29 is 71.6 Å². The first kappa shape index (κ1) is 55.1. The van der Waals surface area contributed by atoms with Gasteiger partial charge in [-0.15, -0.1) is 30.7 Å². The zero-order chi connectivity index (χ0) is 56.5. The van der Waals surface area contributed by atoms with Gasteiger partial charge in [0.25, 0.3) is 40.5 Å². The lowest BCUT2D eigenvalue weighted by molar-refractivity contribution is 0.412. The van der Waals surface area contributed by atoms with Gasteiger partial charge in [-0.25, -0.2) is 0 Å². The minimum absolute atomic E-state index is 0.0106. The first-order valence-corrected chi connectivity index (χ1v) is 27.5. The number of anilines is 2. The fourth-order valence-corrected chi connectivity index (χ4v) is 10.1. The molecule has 0 saturated carbocycles. The van der Waals surface area contributed by atoms with Crippen LogP contribution in [0, 0.1) is 0 Å². The molecule has 0 bridgehead atoms. The lowest BCUT2D eigenvalue weighted by atomic mass is 10.0. The smallest absolute Gasteiger partial charge is 0.296 e. The first-order chi connectivity index (χ1) is 36.7. The fourth-order valence-electron chi connectivity index (χ4n) is 7.49. The van der Waals surface area contributed by atoms with Crippen LogP contribution in [-0.4, -0.2) is 76.3 Å². The molecule has 10 N–H and O–H groups in total. The summed E-state index contributed by atoms with van der Waals surface area (Å²) in [6, 6.07) is 26.1. The second kappa shape index (κ2) is 21.5. The number of rotatable bonds is 16. The van der Waals surface area contributed by atoms with Crippen LogP contribution < -0.4 is 20.9 Å². The van der Waals surface area contributed by atoms with Crippen molar-refractivity contribution in [3.8, 4) is 23.0 Å². The van der Waals surface area contributed by atoms with E-state index in [9.17, 15) is 62.1 Å². The average Bonchev–Trinajstić information content (AvgIpc) is 3.49. The molecule has 8 rings (SSSR count). The highest BCUT2D eigenvalue weighted by atomic mass is 32.2. The third-order valence-electron chi connectivity index (χ3n) is 11.2. The van der Waals surface area contributed by atoms with E-state index in [1.807, 2.05) is 0 Å². The summed E-state index contributed by atoms with van der Waals surface area (Å²) in [6.07, 6.45) is 2.84. The van der Waals surface area contributed by atoms with Crippen molar-refractivity contribution in [2.45, 2.75) is 19.6 Å². The van der Waals surface area contributed by atoms with Crippen molar-refractivity contribution in [2.75, 3.05) is 25.7 Å². The zero-order valence-corrected chi connectivity index (χ0v) is 43.1. The van der Waals surface area contributed by atoms with Crippen molar-refractivity contribution in [3.63, 3.8) is 0 Å². The summed E-state index contributed by atoms with van der Waals surface area (Å²) in [5.41, 5.74) is 11.4. The number of nitrogens with two attached hydrogens (primary N) is 2. The third kappa shape index (κ3) is 11.9. The Balaban J connectivity index is 1.03. The number of fused-ring (bicyclic) bond motifs is 2. The Hall–Kier alpha value is -9.14. The van der Waals surface area contributed by atoms with E-state index in [1.165, 1.54) is 93.1 Å². The number of benzene rings is 8. The lowest BCUT2D eigenvalue weighted by Crippen LogP contribution is -2.00. The summed E-state index contributed by atoms with van der Waals surface area (Å²) in [5.74, 6) is -1.09. The first-order valence-electron chi connectivity index (χ1n) is 21.7. The molecule has 30 heteroatoms. The van der Waals surface area contributed by atoms with Crippen LogP contribution in [0.4, 0.5) is 56.9 Å². The molecule has 0 aromatic heterocycles. The molecule has 0 unspecified atom stereocenters. The summed E-state index contributed by atoms with van der Waals surface area (Å²) in [7, 11) is -17.2. The zero-order valence-electron chi connectivity index (χ0n) is 39.8. The van der Waals surface area contributed by atoms with Crippen LogP contribution in [0.5, 0.6) is 23.0 Å². The largest absolute Gasteiger partial charge is 0.505 e. The third-order valence-corrected chi connectivity index (χ3v) is 14.8. The summed E-state index contributed by atoms with van der Waals surface area (Å²) in [4.78, 5) is -2.92. The number of hydrogen-bond donors (Lipinski definition) is 8. The number of nitrogen functional groups attached to an aromatic ring is 2. The predicted molar refractivity (Wildman–Crippen MR) is 284 cm³/mol. The van der Waals surface area contributed by atoms with E-state index in [0.29, 0.717) is 16.6 Å². The van der Waals surface area contributed by atoms with E-state index in [1.54, 1.807) is 24.3 Å². The molecule has 0 aliphatic heterocycles. The molecule has 0 heterocycles. The SMILES string of the molecule is COc1ccc(N=Nc2ccc(N)c3c(O)c(N=Nc4ccc(/C=C/c5ccc(N=Nc6c(S(=O)(=O)O)cc7c(N=Nc8ccc(OC)cc8S(=O)(=O)O)ccc(N)c7c6O)cc5S(=O)(=O)O)cc4)ccc23)c(S(=O)(=O)O)c1. The number of phenolic OH excluding ortho intramolecular Hbond substituents is 2. The number of aromatic hydroxyl groups is 2. The van der Waals surface area contributed by atoms with Crippen LogP contribution in [0.15, 0.2) is 182 Å². The van der Waals surface area contributed by atoms with Crippen molar-refractivity contribution in [3.05, 3.63) is 132 Å². The van der Waals surface area contributed by atoms with Gasteiger partial charge < -0.3 is 31.2 Å². The van der Waals surface area contributed by atoms with E-state index < -0.39 is 71.5 Å². The second-order valence-electron chi connectivity index (χ2n) is 16.2. The summed E-state index contributed by atoms with van der Waals surface area (Å²) < 4.78 is 149. The molecule has 0 aliphatic rings. The van der Waals surface area contributed by atoms with E-state index in [-0.39, 0.29) is 84.5 Å². The molecular formula is C48H38N10O16S4. The number of phenols is 2. The minimum Gasteiger partial charge on any atom is -0.505 e. The fraction of sp³-hybridized carbons (Fsp3) is 0.0417. The summed E-state index contributed by atoms with van der Waals surface area (Å²) >= 11 is 0. The van der Waals surface area contributed by atoms with Crippen molar-refractivity contribution in [1.82, 2.24) is 0 Å². The maximum Gasteiger partial charge on any atom is 0.296 e. The van der Waals surface area contributed by atoms with Crippen molar-refractivity contribution in [1.29, 1.82) is 0 Å². The standard InChI is InChI=1S/C48H38N10O16S4/c1-73-29-11-16-37(41(22-29)76(64,65)66)55-53-35-19-14-33(49)44-31(35)13-18-39(47(44)59)57-51-27-8-4-25(5-9-27)3-6-26-7-10-28(21-40(26)75(61,62)63)52-58-46-43(78(70,71)72)24-32-36(20-15-34(50)45(32)48(46)60)54-56-38-17-12-30(74-2)23-42(38)77(67,68)69/h3-24,59-60H,49-50H2,1-2H3,(H,61,62,63)(H,64,65,66)(H,67,68,69)(H,70,71,72)/b6-3+,55-53?,56-54?,57-51?,58-52?. The average molecular weight is 1140 g/mol. The molecule has 0 atom stereocenters. The Morgan fingerprint density at radius 1 is 0.410 bits per heavy atom. The molecule has 78 heavy (non-hydrogen) atoms. The molecule has 26 nitrogen and oxygen atoms in total. The lowest BCUT2D eigenvalue weighted by Gasteiger charge is -2.12. The number of hydrogen-bond acceptors (Lipinski definition) is 22. The second-order valence-corrected chi connectivity index (χ2v) is 21.8. The predicted octanol–water partition coefficient (Wildman–Crippen LogP) is 11.4. The molecule has 0 fully saturated rings. The van der Waals surface area contributed by atoms with Gasteiger partial charge >= 0.3 is 0 Å². The molecule has 400 valence electrons. The van der Waals surface area contributed by atoms with Crippen LogP contribution in [0.3, 0.4) is 0 Å². The summed E-state index contributed by atoms with van der Waals surface area (Å²) in [6.45, 7) is 0. The van der Waals surface area contributed by atoms with Gasteiger partial charge in [0.05, 0.1) is 47.7 Å². The van der Waals surface area contributed by atoms with E-state index in [2.05, 4.69) is 40.9 Å². The van der Waals surface area contributed by atoms with Gasteiger partial charge in [-0.1, -0.05) is 30.4 Å². The maximum atomic E-state index is 12.7. The Morgan fingerprint density at radius 2 is 0.859 bits per heavy atom. The van der Waals surface area contributed by atoms with E-state index in [0.717, 1.165) is 30.3 Å². The Labute approximate surface area is 442 Å². The van der Waals surface area contributed by atoms with Gasteiger partial charge in [0.1, 0.15) is 53.8 Å². The van der Waals surface area contributed by atoms with Crippen LogP contribution in [0.25, 0.3) is 33.7 Å². The highest BCUT2D eigenvalue weighted by Gasteiger charge is 2.26. The molecule has 0 radical (unpaired) electrons. The van der Waals surface area contributed by atoms with Crippen molar-refractivity contribution in [2.24, 2.45) is 40.9 Å². The summed E-state index contributed by atoms with van der Waals surface area (Å²) in [5, 5.41) is 54.6. The van der Waals surface area contributed by atoms with Gasteiger partial charge in [-0.2, -0.15) is 43.9 Å². The number of ether oxygens (including phenoxy) is 2. The van der Waals surface area contributed by atoms with E-state index >= 15 is 0 Å². The Bertz CT molecular complexity index is 4400.